The van der Waals surface area contributed by atoms with Crippen LogP contribution in [0.5, 0.6) is 0 Å². The minimum Gasteiger partial charge on any atom is -0.344 e. The fraction of sp³-hybridized carbons (Fsp3) is 0.0417. The van der Waals surface area contributed by atoms with Gasteiger partial charge in [0.1, 0.15) is 0 Å². The van der Waals surface area contributed by atoms with Crippen molar-refractivity contribution in [1.29, 1.82) is 0 Å². The van der Waals surface area contributed by atoms with Crippen LogP contribution < -0.4 is 9.80 Å². The third-order valence-electron chi connectivity index (χ3n) is 10.9. The largest absolute Gasteiger partial charge is 0.344 e. The molecule has 0 heterocycles. The van der Waals surface area contributed by atoms with E-state index in [2.05, 4.69) is 205 Å². The molecule has 0 atom stereocenters. The molecule has 2 nitrogen and oxygen atoms in total. The second kappa shape index (κ2) is 11.1. The first-order valence-electron chi connectivity index (χ1n) is 17.3. The Morgan fingerprint density at radius 1 is 0.360 bits per heavy atom. The summed E-state index contributed by atoms with van der Waals surface area (Å²) in [6.45, 7) is 0. The van der Waals surface area contributed by atoms with E-state index in [1.54, 1.807) is 0 Å². The molecule has 0 radical (unpaired) electrons. The van der Waals surface area contributed by atoms with Crippen LogP contribution in [0.4, 0.5) is 28.4 Å². The van der Waals surface area contributed by atoms with Crippen molar-refractivity contribution in [3.63, 3.8) is 0 Å². The molecule has 0 bridgehead atoms. The molecule has 0 unspecified atom stereocenters. The number of benzene rings is 8. The van der Waals surface area contributed by atoms with E-state index in [-0.39, 0.29) is 0 Å². The van der Waals surface area contributed by atoms with E-state index >= 15 is 0 Å². The summed E-state index contributed by atoms with van der Waals surface area (Å²) in [5.74, 6) is 0. The predicted octanol–water partition coefficient (Wildman–Crippen LogP) is 12.4. The number of hydrogen-bond acceptors (Lipinski definition) is 2. The number of fused-ring (bicyclic) bond motifs is 11. The van der Waals surface area contributed by atoms with Gasteiger partial charge >= 0.3 is 0 Å². The van der Waals surface area contributed by atoms with Gasteiger partial charge in [0.2, 0.25) is 0 Å². The van der Waals surface area contributed by atoms with Gasteiger partial charge < -0.3 is 9.80 Å². The second-order valence-corrected chi connectivity index (χ2v) is 13.4. The highest BCUT2D eigenvalue weighted by Crippen LogP contribution is 2.63. The van der Waals surface area contributed by atoms with Gasteiger partial charge in [-0.25, -0.2) is 0 Å². The molecule has 0 N–H and O–H groups in total. The Kier molecular flexibility index (Phi) is 6.34. The third kappa shape index (κ3) is 4.02. The molecule has 236 valence electrons. The lowest BCUT2D eigenvalue weighted by atomic mass is 9.70. The maximum absolute atomic E-state index is 2.46. The normalized spacial score (nSPS) is 13.1. The van der Waals surface area contributed by atoms with Crippen LogP contribution in [0.1, 0.15) is 22.3 Å². The van der Waals surface area contributed by atoms with Crippen LogP contribution in [0.2, 0.25) is 0 Å². The minimum atomic E-state index is -0.470. The fourth-order valence-corrected chi connectivity index (χ4v) is 8.70. The Hall–Kier alpha value is -6.38. The molecule has 0 fully saturated rings. The first kappa shape index (κ1) is 28.6. The zero-order chi connectivity index (χ0) is 33.2. The Morgan fingerprint density at radius 2 is 0.840 bits per heavy atom. The maximum Gasteiger partial charge on any atom is 0.0727 e. The summed E-state index contributed by atoms with van der Waals surface area (Å²) in [5.41, 5.74) is 15.8. The lowest BCUT2D eigenvalue weighted by Gasteiger charge is -2.33. The highest BCUT2D eigenvalue weighted by molar-refractivity contribution is 5.99. The lowest BCUT2D eigenvalue weighted by Crippen LogP contribution is -2.26. The smallest absolute Gasteiger partial charge is 0.0727 e. The Labute approximate surface area is 293 Å². The summed E-state index contributed by atoms with van der Waals surface area (Å²) in [6.07, 6.45) is 0. The molecule has 8 aromatic carbocycles. The summed E-state index contributed by atoms with van der Waals surface area (Å²) >= 11 is 0. The Morgan fingerprint density at radius 3 is 1.48 bits per heavy atom. The number of hydrogen-bond donors (Lipinski definition) is 0. The molecular weight excluding hydrogens is 605 g/mol. The van der Waals surface area contributed by atoms with Gasteiger partial charge in [0.05, 0.1) is 5.41 Å². The number of nitrogens with zero attached hydrogens (tertiary/aromatic N) is 2. The summed E-state index contributed by atoms with van der Waals surface area (Å²) in [7, 11) is 2.20. The minimum absolute atomic E-state index is 0.470. The molecule has 0 saturated heterocycles. The quantitative estimate of drug-likeness (QED) is 0.185. The zero-order valence-corrected chi connectivity index (χ0v) is 27.8. The van der Waals surface area contributed by atoms with E-state index in [4.69, 9.17) is 0 Å². The topological polar surface area (TPSA) is 6.48 Å². The third-order valence-corrected chi connectivity index (χ3v) is 10.9. The van der Waals surface area contributed by atoms with E-state index in [1.165, 1.54) is 66.7 Å². The highest BCUT2D eigenvalue weighted by Gasteiger charge is 2.52. The van der Waals surface area contributed by atoms with Crippen LogP contribution in [-0.4, -0.2) is 7.05 Å². The summed E-state index contributed by atoms with van der Waals surface area (Å²) < 4.78 is 0. The second-order valence-electron chi connectivity index (χ2n) is 13.4. The molecule has 2 aliphatic carbocycles. The van der Waals surface area contributed by atoms with Gasteiger partial charge in [-0.2, -0.15) is 0 Å². The Balaban J connectivity index is 1.24. The standard InChI is InChI=1S/C48H34N2/c1-49(47-26-14-16-33-15-8-9-21-38(33)47)36-27-29-41-42-30-28-37(50(34-17-4-2-5-18-34)35-19-6-3-7-20-35)32-46(42)48(45(41)31-36)43-24-12-10-22-39(43)40-23-11-13-25-44(40)48/h2-32H,1H3. The molecule has 0 saturated carbocycles. The van der Waals surface area contributed by atoms with Crippen LogP contribution >= 0.6 is 0 Å². The van der Waals surface area contributed by atoms with Crippen molar-refractivity contribution in [2.75, 3.05) is 16.8 Å². The SMILES string of the molecule is CN(c1ccc2c(c1)C1(c3ccccc3-c3ccccc31)c1cc(N(c3ccccc3)c3ccccc3)ccc1-2)c1cccc2ccccc12. The molecule has 8 aromatic rings. The molecule has 0 amide bonds. The maximum atomic E-state index is 2.46. The van der Waals surface area contributed by atoms with Crippen molar-refractivity contribution in [2.45, 2.75) is 5.41 Å². The highest BCUT2D eigenvalue weighted by atomic mass is 15.1. The van der Waals surface area contributed by atoms with E-state index in [1.807, 2.05) is 0 Å². The number of para-hydroxylation sites is 2. The van der Waals surface area contributed by atoms with Gasteiger partial charge in [0.25, 0.3) is 0 Å². The number of anilines is 5. The van der Waals surface area contributed by atoms with Crippen molar-refractivity contribution in [3.8, 4) is 22.3 Å². The van der Waals surface area contributed by atoms with E-state index < -0.39 is 5.41 Å². The van der Waals surface area contributed by atoms with Crippen molar-refractivity contribution in [1.82, 2.24) is 0 Å². The van der Waals surface area contributed by atoms with Crippen LogP contribution in [0.15, 0.2) is 188 Å². The number of rotatable bonds is 5. The fourth-order valence-electron chi connectivity index (χ4n) is 8.70. The monoisotopic (exact) mass is 638 g/mol. The molecule has 0 aromatic heterocycles. The van der Waals surface area contributed by atoms with Crippen molar-refractivity contribution >= 4 is 39.2 Å². The zero-order valence-electron chi connectivity index (χ0n) is 27.8. The summed E-state index contributed by atoms with van der Waals surface area (Å²) in [6, 6.07) is 69.0. The summed E-state index contributed by atoms with van der Waals surface area (Å²) in [5, 5.41) is 2.49. The first-order chi connectivity index (χ1) is 24.7. The summed E-state index contributed by atoms with van der Waals surface area (Å²) in [4.78, 5) is 4.73. The average molecular weight is 639 g/mol. The average Bonchev–Trinajstić information content (AvgIpc) is 3.65. The van der Waals surface area contributed by atoms with Crippen LogP contribution in [-0.2, 0) is 5.41 Å². The van der Waals surface area contributed by atoms with Gasteiger partial charge in [0, 0.05) is 40.9 Å². The predicted molar refractivity (Wildman–Crippen MR) is 209 cm³/mol. The van der Waals surface area contributed by atoms with Gasteiger partial charge in [-0.1, -0.05) is 133 Å². The van der Waals surface area contributed by atoms with Crippen molar-refractivity contribution in [3.05, 3.63) is 210 Å². The van der Waals surface area contributed by atoms with Crippen LogP contribution in [0.3, 0.4) is 0 Å². The lowest BCUT2D eigenvalue weighted by molar-refractivity contribution is 0.793. The first-order valence-corrected chi connectivity index (χ1v) is 17.3. The molecular formula is C48H34N2. The molecule has 0 aliphatic heterocycles. The van der Waals surface area contributed by atoms with Crippen molar-refractivity contribution in [2.24, 2.45) is 0 Å². The molecule has 2 aliphatic rings. The van der Waals surface area contributed by atoms with Crippen LogP contribution in [0, 0.1) is 0 Å². The Bertz CT molecular complexity index is 2480. The molecule has 50 heavy (non-hydrogen) atoms. The van der Waals surface area contributed by atoms with E-state index in [0.717, 1.165) is 17.1 Å². The van der Waals surface area contributed by atoms with E-state index in [9.17, 15) is 0 Å². The van der Waals surface area contributed by atoms with E-state index in [0.29, 0.717) is 0 Å². The van der Waals surface area contributed by atoms with Gasteiger partial charge in [-0.3, -0.25) is 0 Å². The van der Waals surface area contributed by atoms with Crippen LogP contribution in [0.25, 0.3) is 33.0 Å². The molecule has 1 spiro atoms. The van der Waals surface area contributed by atoms with Crippen molar-refractivity contribution < 1.29 is 0 Å². The van der Waals surface area contributed by atoms with Gasteiger partial charge in [-0.05, 0) is 104 Å². The molecule has 10 rings (SSSR count). The molecule has 2 heteroatoms. The van der Waals surface area contributed by atoms with Gasteiger partial charge in [-0.15, -0.1) is 0 Å². The van der Waals surface area contributed by atoms with Gasteiger partial charge in [0.15, 0.2) is 0 Å².